The lowest BCUT2D eigenvalue weighted by Crippen LogP contribution is -2.29. The molecule has 2 atom stereocenters. The largest absolute Gasteiger partial charge is 0.356 e. The third-order valence-corrected chi connectivity index (χ3v) is 6.11. The van der Waals surface area contributed by atoms with Crippen LogP contribution in [-0.2, 0) is 6.54 Å². The molecule has 9 nitrogen and oxygen atoms in total. The smallest absolute Gasteiger partial charge is 0.240 e. The Bertz CT molecular complexity index is 1030. The number of hydrogen-bond donors (Lipinski definition) is 0. The van der Waals surface area contributed by atoms with Crippen molar-refractivity contribution in [2.75, 3.05) is 31.1 Å². The second kappa shape index (κ2) is 7.46. The van der Waals surface area contributed by atoms with E-state index < -0.39 is 0 Å². The summed E-state index contributed by atoms with van der Waals surface area (Å²) in [5.74, 6) is 4.86. The van der Waals surface area contributed by atoms with E-state index in [1.54, 1.807) is 6.33 Å². The molecule has 2 saturated heterocycles. The zero-order chi connectivity index (χ0) is 20.8. The fourth-order valence-electron chi connectivity index (χ4n) is 4.65. The molecule has 5 rings (SSSR count). The van der Waals surface area contributed by atoms with Gasteiger partial charge in [0.25, 0.3) is 0 Å². The molecule has 2 aliphatic rings. The van der Waals surface area contributed by atoms with Crippen LogP contribution >= 0.6 is 0 Å². The minimum Gasteiger partial charge on any atom is -0.356 e. The third-order valence-electron chi connectivity index (χ3n) is 6.11. The molecule has 30 heavy (non-hydrogen) atoms. The van der Waals surface area contributed by atoms with Crippen molar-refractivity contribution in [3.63, 3.8) is 0 Å². The maximum absolute atomic E-state index is 5.43. The topological polar surface area (TPSA) is 89.0 Å². The van der Waals surface area contributed by atoms with Crippen LogP contribution in [0.15, 0.2) is 23.0 Å². The second-order valence-electron chi connectivity index (χ2n) is 8.89. The lowest BCUT2D eigenvalue weighted by atomic mass is 10.0. The van der Waals surface area contributed by atoms with Crippen molar-refractivity contribution in [1.82, 2.24) is 34.8 Å². The SMILES string of the molecule is Cc1cc(C)n(-c2cc(N3CC4CN(Cc5nc(C(C)C)no5)CC4C3)ncn2)n1. The number of aryl methyl sites for hydroxylation is 2. The average molecular weight is 409 g/mol. The second-order valence-corrected chi connectivity index (χ2v) is 8.89. The quantitative estimate of drug-likeness (QED) is 0.636. The molecule has 0 N–H and O–H groups in total. The number of rotatable bonds is 5. The van der Waals surface area contributed by atoms with Crippen molar-refractivity contribution < 1.29 is 4.52 Å². The van der Waals surface area contributed by atoms with Crippen LogP contribution < -0.4 is 4.90 Å². The van der Waals surface area contributed by atoms with E-state index in [-0.39, 0.29) is 0 Å². The summed E-state index contributed by atoms with van der Waals surface area (Å²) in [4.78, 5) is 18.3. The normalized spacial score (nSPS) is 21.7. The van der Waals surface area contributed by atoms with E-state index >= 15 is 0 Å². The summed E-state index contributed by atoms with van der Waals surface area (Å²) in [7, 11) is 0. The van der Waals surface area contributed by atoms with Gasteiger partial charge >= 0.3 is 0 Å². The Morgan fingerprint density at radius 2 is 1.77 bits per heavy atom. The number of likely N-dealkylation sites (tertiary alicyclic amines) is 1. The summed E-state index contributed by atoms with van der Waals surface area (Å²) < 4.78 is 7.31. The zero-order valence-electron chi connectivity index (χ0n) is 18.0. The predicted molar refractivity (Wildman–Crippen MR) is 111 cm³/mol. The number of anilines is 1. The van der Waals surface area contributed by atoms with Crippen LogP contribution in [0, 0.1) is 25.7 Å². The molecular weight excluding hydrogens is 380 g/mol. The van der Waals surface area contributed by atoms with Crippen LogP contribution in [0.2, 0.25) is 0 Å². The predicted octanol–water partition coefficient (Wildman–Crippen LogP) is 2.35. The van der Waals surface area contributed by atoms with Crippen LogP contribution in [0.25, 0.3) is 5.82 Å². The van der Waals surface area contributed by atoms with Crippen molar-refractivity contribution in [3.8, 4) is 5.82 Å². The first-order valence-corrected chi connectivity index (χ1v) is 10.6. The highest BCUT2D eigenvalue weighted by Gasteiger charge is 2.40. The van der Waals surface area contributed by atoms with Crippen LogP contribution in [0.4, 0.5) is 5.82 Å². The molecule has 9 heteroatoms. The molecule has 2 unspecified atom stereocenters. The van der Waals surface area contributed by atoms with Gasteiger partial charge in [0.1, 0.15) is 12.1 Å². The van der Waals surface area contributed by atoms with E-state index in [4.69, 9.17) is 4.52 Å². The number of fused-ring (bicyclic) bond motifs is 1. The lowest BCUT2D eigenvalue weighted by molar-refractivity contribution is 0.254. The first kappa shape index (κ1) is 19.2. The van der Waals surface area contributed by atoms with Gasteiger partial charge in [-0.15, -0.1) is 0 Å². The van der Waals surface area contributed by atoms with Gasteiger partial charge in [-0.25, -0.2) is 14.6 Å². The van der Waals surface area contributed by atoms with Gasteiger partial charge in [0, 0.05) is 43.9 Å². The van der Waals surface area contributed by atoms with Gasteiger partial charge in [-0.05, 0) is 31.7 Å². The van der Waals surface area contributed by atoms with Gasteiger partial charge in [-0.3, -0.25) is 4.90 Å². The van der Waals surface area contributed by atoms with E-state index in [0.717, 1.165) is 67.5 Å². The van der Waals surface area contributed by atoms with E-state index in [0.29, 0.717) is 17.8 Å². The molecule has 3 aromatic heterocycles. The Labute approximate surface area is 176 Å². The van der Waals surface area contributed by atoms with Crippen LogP contribution in [0.3, 0.4) is 0 Å². The van der Waals surface area contributed by atoms with Gasteiger partial charge in [0.2, 0.25) is 5.89 Å². The summed E-state index contributed by atoms with van der Waals surface area (Å²) in [6.07, 6.45) is 1.64. The molecule has 0 aromatic carbocycles. The minimum absolute atomic E-state index is 0.293. The van der Waals surface area contributed by atoms with Crippen LogP contribution in [0.1, 0.15) is 42.9 Å². The standard InChI is InChI=1S/C21H28N8O/c1-13(2)21-24-20(30-26-21)11-27-7-16-9-28(10-17(16)8-27)18-6-19(23-12-22-18)29-15(4)5-14(3)25-29/h5-6,12-13,16-17H,7-11H2,1-4H3. The molecule has 2 fully saturated rings. The van der Waals surface area contributed by atoms with E-state index in [9.17, 15) is 0 Å². The van der Waals surface area contributed by atoms with E-state index in [1.165, 1.54) is 0 Å². The number of aromatic nitrogens is 6. The highest BCUT2D eigenvalue weighted by Crippen LogP contribution is 2.34. The number of hydrogen-bond acceptors (Lipinski definition) is 8. The summed E-state index contributed by atoms with van der Waals surface area (Å²) in [5.41, 5.74) is 2.07. The maximum Gasteiger partial charge on any atom is 0.240 e. The fraction of sp³-hybridized carbons (Fsp3) is 0.571. The Morgan fingerprint density at radius 3 is 2.40 bits per heavy atom. The van der Waals surface area contributed by atoms with Crippen molar-refractivity contribution in [2.45, 2.75) is 40.2 Å². The molecule has 0 aliphatic carbocycles. The third kappa shape index (κ3) is 3.58. The van der Waals surface area contributed by atoms with Gasteiger partial charge in [-0.2, -0.15) is 10.1 Å². The van der Waals surface area contributed by atoms with Gasteiger partial charge in [0.05, 0.1) is 12.2 Å². The number of nitrogens with zero attached hydrogens (tertiary/aromatic N) is 8. The first-order valence-electron chi connectivity index (χ1n) is 10.6. The van der Waals surface area contributed by atoms with Gasteiger partial charge in [-0.1, -0.05) is 19.0 Å². The molecule has 0 bridgehead atoms. The van der Waals surface area contributed by atoms with E-state index in [2.05, 4.69) is 54.9 Å². The zero-order valence-corrected chi connectivity index (χ0v) is 18.0. The average Bonchev–Trinajstić information content (AvgIpc) is 3.46. The lowest BCUT2D eigenvalue weighted by Gasteiger charge is -2.21. The Morgan fingerprint density at radius 1 is 1.03 bits per heavy atom. The molecule has 5 heterocycles. The van der Waals surface area contributed by atoms with Crippen molar-refractivity contribution >= 4 is 5.82 Å². The fourth-order valence-corrected chi connectivity index (χ4v) is 4.65. The monoisotopic (exact) mass is 408 g/mol. The van der Waals surface area contributed by atoms with E-state index in [1.807, 2.05) is 24.6 Å². The van der Waals surface area contributed by atoms with Gasteiger partial charge < -0.3 is 9.42 Å². The summed E-state index contributed by atoms with van der Waals surface area (Å²) in [6, 6.07) is 4.11. The van der Waals surface area contributed by atoms with Crippen molar-refractivity contribution in [2.24, 2.45) is 11.8 Å². The Kier molecular flexibility index (Phi) is 4.77. The summed E-state index contributed by atoms with van der Waals surface area (Å²) in [5, 5.41) is 8.63. The highest BCUT2D eigenvalue weighted by atomic mass is 16.5. The molecule has 2 aliphatic heterocycles. The molecule has 158 valence electrons. The Hall–Kier alpha value is -2.81. The van der Waals surface area contributed by atoms with Crippen LogP contribution in [-0.4, -0.2) is 61.0 Å². The molecule has 0 spiro atoms. The first-order chi connectivity index (χ1) is 14.5. The molecule has 3 aromatic rings. The van der Waals surface area contributed by atoms with Gasteiger partial charge in [0.15, 0.2) is 11.6 Å². The summed E-state index contributed by atoms with van der Waals surface area (Å²) >= 11 is 0. The Balaban J connectivity index is 1.23. The maximum atomic E-state index is 5.43. The minimum atomic E-state index is 0.293. The molecular formula is C21H28N8O. The molecule has 0 amide bonds. The molecule has 0 radical (unpaired) electrons. The van der Waals surface area contributed by atoms with Crippen LogP contribution in [0.5, 0.6) is 0 Å². The van der Waals surface area contributed by atoms with Crippen molar-refractivity contribution in [3.05, 3.63) is 41.6 Å². The molecule has 0 saturated carbocycles. The highest BCUT2D eigenvalue weighted by molar-refractivity contribution is 5.45. The van der Waals surface area contributed by atoms with Crippen molar-refractivity contribution in [1.29, 1.82) is 0 Å². The summed E-state index contributed by atoms with van der Waals surface area (Å²) in [6.45, 7) is 13.1.